The van der Waals surface area contributed by atoms with Gasteiger partial charge >= 0.3 is 0 Å². The first-order chi connectivity index (χ1) is 8.86. The van der Waals surface area contributed by atoms with E-state index in [0.717, 1.165) is 45.0 Å². The Morgan fingerprint density at radius 3 is 2.44 bits per heavy atom. The Balaban J connectivity index is 1.67. The van der Waals surface area contributed by atoms with Crippen LogP contribution in [0.4, 0.5) is 0 Å². The van der Waals surface area contributed by atoms with Crippen LogP contribution < -0.4 is 0 Å². The van der Waals surface area contributed by atoms with E-state index in [9.17, 15) is 4.79 Å². The van der Waals surface area contributed by atoms with E-state index < -0.39 is 0 Å². The molecule has 0 radical (unpaired) electrons. The quantitative estimate of drug-likeness (QED) is 0.711. The summed E-state index contributed by atoms with van der Waals surface area (Å²) in [5, 5.41) is 0. The number of nitrogens with zero attached hydrogens (tertiary/aromatic N) is 3. The van der Waals surface area contributed by atoms with Crippen LogP contribution in [0.3, 0.4) is 0 Å². The Morgan fingerprint density at radius 2 is 1.72 bits per heavy atom. The third-order valence-corrected chi connectivity index (χ3v) is 4.43. The number of hydrogen-bond donors (Lipinski definition) is 0. The van der Waals surface area contributed by atoms with E-state index in [1.54, 1.807) is 0 Å². The van der Waals surface area contributed by atoms with Gasteiger partial charge in [0.25, 0.3) is 0 Å². The average molecular weight is 249 g/mol. The van der Waals surface area contributed by atoms with Crippen LogP contribution in [0.2, 0.25) is 0 Å². The number of carbonyl (C=O) groups is 1. The maximum Gasteiger partial charge on any atom is 0.232 e. The van der Waals surface area contributed by atoms with Gasteiger partial charge in [0.15, 0.2) is 0 Å². The van der Waals surface area contributed by atoms with Crippen LogP contribution in [0.15, 0.2) is 4.99 Å². The maximum absolute atomic E-state index is 12.6. The van der Waals surface area contributed by atoms with Crippen LogP contribution in [0.25, 0.3) is 0 Å². The van der Waals surface area contributed by atoms with E-state index >= 15 is 0 Å². The molecule has 2 aliphatic heterocycles. The number of rotatable bonds is 1. The van der Waals surface area contributed by atoms with Gasteiger partial charge < -0.3 is 4.90 Å². The molecule has 1 amide bonds. The summed E-state index contributed by atoms with van der Waals surface area (Å²) in [6, 6.07) is 0. The zero-order chi connectivity index (χ0) is 12.4. The highest BCUT2D eigenvalue weighted by Crippen LogP contribution is 2.27. The van der Waals surface area contributed by atoms with E-state index in [0.29, 0.717) is 5.91 Å². The van der Waals surface area contributed by atoms with Gasteiger partial charge in [-0.05, 0) is 25.7 Å². The number of hydrogen-bond acceptors (Lipinski definition) is 3. The normalized spacial score (nSPS) is 25.7. The number of likely N-dealkylation sites (tertiary alicyclic amines) is 1. The SMILES string of the molecule is O=C(C1CCCCC1)N1CCN=C1N1CCCC1. The van der Waals surface area contributed by atoms with Gasteiger partial charge in [0.1, 0.15) is 0 Å². The van der Waals surface area contributed by atoms with Crippen LogP contribution in [0, 0.1) is 5.92 Å². The van der Waals surface area contributed by atoms with Gasteiger partial charge in [0, 0.05) is 25.6 Å². The summed E-state index contributed by atoms with van der Waals surface area (Å²) in [4.78, 5) is 21.4. The van der Waals surface area contributed by atoms with Crippen molar-refractivity contribution in [3.8, 4) is 0 Å². The molecule has 3 rings (SSSR count). The van der Waals surface area contributed by atoms with Crippen molar-refractivity contribution in [1.29, 1.82) is 0 Å². The highest BCUT2D eigenvalue weighted by Gasteiger charge is 2.33. The summed E-state index contributed by atoms with van der Waals surface area (Å²) in [7, 11) is 0. The topological polar surface area (TPSA) is 35.9 Å². The largest absolute Gasteiger partial charge is 0.342 e. The molecule has 3 aliphatic rings. The molecule has 2 heterocycles. The zero-order valence-corrected chi connectivity index (χ0v) is 11.1. The molecule has 18 heavy (non-hydrogen) atoms. The first-order valence-electron chi connectivity index (χ1n) is 7.47. The Labute approximate surface area is 109 Å². The molecule has 0 aromatic heterocycles. The summed E-state index contributed by atoms with van der Waals surface area (Å²) < 4.78 is 0. The predicted octanol–water partition coefficient (Wildman–Crippen LogP) is 1.86. The first-order valence-corrected chi connectivity index (χ1v) is 7.47. The van der Waals surface area contributed by atoms with Crippen molar-refractivity contribution in [3.05, 3.63) is 0 Å². The molecule has 0 aromatic rings. The summed E-state index contributed by atoms with van der Waals surface area (Å²) in [6.07, 6.45) is 8.40. The molecule has 4 heteroatoms. The van der Waals surface area contributed by atoms with Gasteiger partial charge in [-0.2, -0.15) is 0 Å². The van der Waals surface area contributed by atoms with Crippen molar-refractivity contribution in [2.24, 2.45) is 10.9 Å². The molecule has 2 fully saturated rings. The summed E-state index contributed by atoms with van der Waals surface area (Å²) in [5.74, 6) is 1.59. The fourth-order valence-corrected chi connectivity index (χ4v) is 3.40. The fourth-order valence-electron chi connectivity index (χ4n) is 3.40. The Hall–Kier alpha value is -1.06. The van der Waals surface area contributed by atoms with E-state index in [2.05, 4.69) is 9.89 Å². The van der Waals surface area contributed by atoms with E-state index in [-0.39, 0.29) is 5.92 Å². The van der Waals surface area contributed by atoms with Crippen molar-refractivity contribution < 1.29 is 4.79 Å². The molecule has 100 valence electrons. The standard InChI is InChI=1S/C14H23N3O/c18-13(12-6-2-1-3-7-12)17-11-8-15-14(17)16-9-4-5-10-16/h12H,1-11H2. The minimum atomic E-state index is 0.268. The molecule has 0 aromatic carbocycles. The molecule has 1 saturated carbocycles. The fraction of sp³-hybridized carbons (Fsp3) is 0.857. The molecule has 1 saturated heterocycles. The second-order valence-corrected chi connectivity index (χ2v) is 5.70. The Kier molecular flexibility index (Phi) is 3.52. The monoisotopic (exact) mass is 249 g/mol. The van der Waals surface area contributed by atoms with E-state index in [1.807, 2.05) is 4.90 Å². The van der Waals surface area contributed by atoms with Crippen LogP contribution in [-0.2, 0) is 4.79 Å². The smallest absolute Gasteiger partial charge is 0.232 e. The Morgan fingerprint density at radius 1 is 1.00 bits per heavy atom. The van der Waals surface area contributed by atoms with Gasteiger partial charge in [0.2, 0.25) is 11.9 Å². The maximum atomic E-state index is 12.6. The van der Waals surface area contributed by atoms with Crippen molar-refractivity contribution in [3.63, 3.8) is 0 Å². The summed E-state index contributed by atoms with van der Waals surface area (Å²) in [5.41, 5.74) is 0. The molecule has 0 spiro atoms. The number of aliphatic imine (C=N–C) groups is 1. The minimum Gasteiger partial charge on any atom is -0.342 e. The van der Waals surface area contributed by atoms with E-state index in [1.165, 1.54) is 32.1 Å². The van der Waals surface area contributed by atoms with Crippen LogP contribution in [0.5, 0.6) is 0 Å². The van der Waals surface area contributed by atoms with Crippen molar-refractivity contribution in [2.75, 3.05) is 26.2 Å². The average Bonchev–Trinajstić information content (AvgIpc) is 3.09. The van der Waals surface area contributed by atoms with Gasteiger partial charge in [-0.1, -0.05) is 19.3 Å². The summed E-state index contributed by atoms with van der Waals surface area (Å²) >= 11 is 0. The highest BCUT2D eigenvalue weighted by atomic mass is 16.2. The van der Waals surface area contributed by atoms with Crippen molar-refractivity contribution >= 4 is 11.9 Å². The molecule has 1 aliphatic carbocycles. The van der Waals surface area contributed by atoms with Crippen LogP contribution in [-0.4, -0.2) is 47.8 Å². The van der Waals surface area contributed by atoms with Gasteiger partial charge in [0.05, 0.1) is 6.54 Å². The molecule has 0 N–H and O–H groups in total. The zero-order valence-electron chi connectivity index (χ0n) is 11.1. The molecular formula is C14H23N3O. The third-order valence-electron chi connectivity index (χ3n) is 4.43. The van der Waals surface area contributed by atoms with Crippen LogP contribution in [0.1, 0.15) is 44.9 Å². The number of amides is 1. The molecule has 0 atom stereocenters. The van der Waals surface area contributed by atoms with Gasteiger partial charge in [-0.3, -0.25) is 14.7 Å². The lowest BCUT2D eigenvalue weighted by molar-refractivity contribution is -0.132. The number of guanidine groups is 1. The van der Waals surface area contributed by atoms with Crippen molar-refractivity contribution in [2.45, 2.75) is 44.9 Å². The molecule has 0 bridgehead atoms. The highest BCUT2D eigenvalue weighted by molar-refractivity contribution is 5.99. The second-order valence-electron chi connectivity index (χ2n) is 5.70. The van der Waals surface area contributed by atoms with Gasteiger partial charge in [-0.15, -0.1) is 0 Å². The van der Waals surface area contributed by atoms with Crippen LogP contribution >= 0.6 is 0 Å². The lowest BCUT2D eigenvalue weighted by Crippen LogP contribution is -2.46. The lowest BCUT2D eigenvalue weighted by Gasteiger charge is -2.30. The number of carbonyl (C=O) groups excluding carboxylic acids is 1. The molecule has 4 nitrogen and oxygen atoms in total. The predicted molar refractivity (Wildman–Crippen MR) is 71.4 cm³/mol. The minimum absolute atomic E-state index is 0.268. The first kappa shape index (κ1) is 12.0. The third kappa shape index (κ3) is 2.25. The second kappa shape index (κ2) is 5.29. The summed E-state index contributed by atoms with van der Waals surface area (Å²) in [6.45, 7) is 3.76. The Bertz CT molecular complexity index is 341. The molecular weight excluding hydrogens is 226 g/mol. The van der Waals surface area contributed by atoms with E-state index in [4.69, 9.17) is 0 Å². The van der Waals surface area contributed by atoms with Crippen molar-refractivity contribution in [1.82, 2.24) is 9.80 Å². The lowest BCUT2D eigenvalue weighted by atomic mass is 9.88. The molecule has 0 unspecified atom stereocenters. The van der Waals surface area contributed by atoms with Gasteiger partial charge in [-0.25, -0.2) is 0 Å².